The van der Waals surface area contributed by atoms with Gasteiger partial charge in [-0.05, 0) is 48.9 Å². The van der Waals surface area contributed by atoms with E-state index in [1.807, 2.05) is 35.0 Å². The Morgan fingerprint density at radius 1 is 1.25 bits per heavy atom. The summed E-state index contributed by atoms with van der Waals surface area (Å²) in [5.74, 6) is -0.173. The maximum Gasteiger partial charge on any atom is 0.257 e. The first kappa shape index (κ1) is 15.1. The van der Waals surface area contributed by atoms with Crippen LogP contribution >= 0.6 is 11.6 Å². The number of fused-ring (bicyclic) bond motifs is 3. The Kier molecular flexibility index (Phi) is 3.94. The van der Waals surface area contributed by atoms with Crippen LogP contribution in [0.15, 0.2) is 36.7 Å². The summed E-state index contributed by atoms with van der Waals surface area (Å²) in [5, 5.41) is 7.96. The Balaban J connectivity index is 1.58. The molecule has 1 aliphatic carbocycles. The lowest BCUT2D eigenvalue weighted by Crippen LogP contribution is -2.23. The largest absolute Gasteiger partial charge is 0.348 e. The Morgan fingerprint density at radius 2 is 2.12 bits per heavy atom. The third-order valence-electron chi connectivity index (χ3n) is 4.41. The average molecular weight is 341 g/mol. The molecule has 5 nitrogen and oxygen atoms in total. The summed E-state index contributed by atoms with van der Waals surface area (Å²) in [6.45, 7) is 0.418. The summed E-state index contributed by atoms with van der Waals surface area (Å²) in [7, 11) is 0. The predicted octanol–water partition coefficient (Wildman–Crippen LogP) is 3.19. The summed E-state index contributed by atoms with van der Waals surface area (Å²) >= 11 is 5.97. The Hall–Kier alpha value is -2.40. The van der Waals surface area contributed by atoms with Crippen LogP contribution in [0.5, 0.6) is 0 Å². The van der Waals surface area contributed by atoms with Gasteiger partial charge < -0.3 is 5.32 Å². The molecule has 122 valence electrons. The zero-order valence-electron chi connectivity index (χ0n) is 13.1. The zero-order chi connectivity index (χ0) is 16.5. The summed E-state index contributed by atoms with van der Waals surface area (Å²) in [6.07, 6.45) is 7.86. The molecule has 3 aromatic rings. The summed E-state index contributed by atoms with van der Waals surface area (Å²) in [5.41, 5.74) is 4.50. The van der Waals surface area contributed by atoms with Crippen molar-refractivity contribution in [3.63, 3.8) is 0 Å². The van der Waals surface area contributed by atoms with Crippen molar-refractivity contribution in [1.29, 1.82) is 0 Å². The van der Waals surface area contributed by atoms with E-state index in [9.17, 15) is 4.79 Å². The number of aromatic nitrogens is 3. The van der Waals surface area contributed by atoms with Crippen LogP contribution in [0, 0.1) is 0 Å². The molecule has 1 amide bonds. The minimum atomic E-state index is -0.173. The second-order valence-electron chi connectivity index (χ2n) is 6.04. The Bertz CT molecular complexity index is 919. The molecule has 0 radical (unpaired) electrons. The number of hydrogen-bond donors (Lipinski definition) is 1. The van der Waals surface area contributed by atoms with Gasteiger partial charge in [0.2, 0.25) is 0 Å². The van der Waals surface area contributed by atoms with Crippen LogP contribution in [0.4, 0.5) is 0 Å². The number of nitrogens with one attached hydrogen (secondary N) is 1. The third kappa shape index (κ3) is 2.76. The van der Waals surface area contributed by atoms with Gasteiger partial charge in [-0.25, -0.2) is 9.50 Å². The Morgan fingerprint density at radius 3 is 3.00 bits per heavy atom. The highest BCUT2D eigenvalue weighted by Crippen LogP contribution is 2.22. The van der Waals surface area contributed by atoms with Crippen LogP contribution < -0.4 is 5.32 Å². The van der Waals surface area contributed by atoms with E-state index >= 15 is 0 Å². The van der Waals surface area contributed by atoms with E-state index in [2.05, 4.69) is 15.4 Å². The van der Waals surface area contributed by atoms with Gasteiger partial charge >= 0.3 is 0 Å². The van der Waals surface area contributed by atoms with Gasteiger partial charge in [0, 0.05) is 23.5 Å². The maximum absolute atomic E-state index is 12.5. The number of hydrogen-bond acceptors (Lipinski definition) is 3. The number of carbonyl (C=O) groups is 1. The third-order valence-corrected chi connectivity index (χ3v) is 4.64. The van der Waals surface area contributed by atoms with Crippen molar-refractivity contribution in [2.45, 2.75) is 32.2 Å². The lowest BCUT2D eigenvalue weighted by Gasteiger charge is -2.15. The molecule has 1 N–H and O–H groups in total. The highest BCUT2D eigenvalue weighted by Gasteiger charge is 2.19. The number of halogens is 1. The molecule has 2 heterocycles. The first-order chi connectivity index (χ1) is 11.7. The van der Waals surface area contributed by atoms with Crippen molar-refractivity contribution in [1.82, 2.24) is 19.9 Å². The number of aryl methyl sites for hydroxylation is 2. The van der Waals surface area contributed by atoms with E-state index in [1.165, 1.54) is 17.7 Å². The molecule has 0 saturated carbocycles. The minimum absolute atomic E-state index is 0.173. The van der Waals surface area contributed by atoms with Crippen molar-refractivity contribution < 1.29 is 4.79 Å². The molecule has 0 spiro atoms. The second-order valence-corrected chi connectivity index (χ2v) is 6.48. The predicted molar refractivity (Wildman–Crippen MR) is 92.3 cm³/mol. The van der Waals surface area contributed by atoms with Crippen molar-refractivity contribution in [3.05, 3.63) is 64.1 Å². The molecule has 6 heteroatoms. The first-order valence-electron chi connectivity index (χ1n) is 8.09. The number of rotatable bonds is 3. The van der Waals surface area contributed by atoms with Crippen LogP contribution in [-0.4, -0.2) is 20.5 Å². The standard InChI is InChI=1S/C18H17ClN4O/c19-14-6-3-4-12(8-14)9-21-18(24)15-11-22-23-16-7-2-1-5-13(16)10-20-17(15)23/h3-4,6,8,10-11H,1-2,5,7,9H2,(H,21,24). The van der Waals surface area contributed by atoms with E-state index in [0.29, 0.717) is 22.8 Å². The molecule has 0 fully saturated rings. The van der Waals surface area contributed by atoms with Gasteiger partial charge in [0.1, 0.15) is 5.56 Å². The van der Waals surface area contributed by atoms with E-state index in [1.54, 1.807) is 6.20 Å². The monoisotopic (exact) mass is 340 g/mol. The van der Waals surface area contributed by atoms with Gasteiger partial charge in [0.25, 0.3) is 5.91 Å². The molecule has 1 aromatic carbocycles. The van der Waals surface area contributed by atoms with Crippen LogP contribution in [0.2, 0.25) is 5.02 Å². The van der Waals surface area contributed by atoms with Crippen molar-refractivity contribution in [3.8, 4) is 0 Å². The van der Waals surface area contributed by atoms with Gasteiger partial charge in [-0.3, -0.25) is 4.79 Å². The quantitative estimate of drug-likeness (QED) is 0.796. The molecule has 1 aliphatic rings. The van der Waals surface area contributed by atoms with Gasteiger partial charge in [0.05, 0.1) is 6.20 Å². The molecule has 24 heavy (non-hydrogen) atoms. The number of nitrogens with zero attached hydrogens (tertiary/aromatic N) is 3. The van der Waals surface area contributed by atoms with Gasteiger partial charge in [-0.1, -0.05) is 23.7 Å². The highest BCUT2D eigenvalue weighted by atomic mass is 35.5. The summed E-state index contributed by atoms with van der Waals surface area (Å²) in [4.78, 5) is 17.0. The van der Waals surface area contributed by atoms with Crippen molar-refractivity contribution in [2.24, 2.45) is 0 Å². The van der Waals surface area contributed by atoms with Crippen LogP contribution in [0.3, 0.4) is 0 Å². The molecule has 4 rings (SSSR count). The molecule has 0 atom stereocenters. The fraction of sp³-hybridized carbons (Fsp3) is 0.278. The second kappa shape index (κ2) is 6.24. The number of amides is 1. The van der Waals surface area contributed by atoms with Crippen molar-refractivity contribution >= 4 is 23.2 Å². The number of benzene rings is 1. The lowest BCUT2D eigenvalue weighted by molar-refractivity contribution is 0.0952. The molecule has 2 aromatic heterocycles. The number of carbonyl (C=O) groups excluding carboxylic acids is 1. The lowest BCUT2D eigenvalue weighted by atomic mass is 9.97. The summed E-state index contributed by atoms with van der Waals surface area (Å²) < 4.78 is 1.82. The zero-order valence-corrected chi connectivity index (χ0v) is 13.9. The molecule has 0 unspecified atom stereocenters. The SMILES string of the molecule is O=C(NCc1cccc(Cl)c1)c1cnn2c3c(cnc12)CCCC3. The Labute approximate surface area is 144 Å². The van der Waals surface area contributed by atoms with Crippen molar-refractivity contribution in [2.75, 3.05) is 0 Å². The molecular formula is C18H17ClN4O. The van der Waals surface area contributed by atoms with E-state index < -0.39 is 0 Å². The van der Waals surface area contributed by atoms with Crippen LogP contribution in [0.25, 0.3) is 5.65 Å². The smallest absolute Gasteiger partial charge is 0.257 e. The molecule has 0 aliphatic heterocycles. The van der Waals surface area contributed by atoms with E-state index in [0.717, 1.165) is 24.8 Å². The first-order valence-corrected chi connectivity index (χ1v) is 8.47. The van der Waals surface area contributed by atoms with Crippen LogP contribution in [0.1, 0.15) is 40.0 Å². The average Bonchev–Trinajstić information content (AvgIpc) is 3.04. The van der Waals surface area contributed by atoms with Crippen LogP contribution in [-0.2, 0) is 19.4 Å². The maximum atomic E-state index is 12.5. The van der Waals surface area contributed by atoms with Gasteiger partial charge in [-0.15, -0.1) is 0 Å². The fourth-order valence-corrected chi connectivity index (χ4v) is 3.39. The summed E-state index contributed by atoms with van der Waals surface area (Å²) in [6, 6.07) is 7.45. The van der Waals surface area contributed by atoms with E-state index in [4.69, 9.17) is 11.6 Å². The fourth-order valence-electron chi connectivity index (χ4n) is 3.18. The highest BCUT2D eigenvalue weighted by molar-refractivity contribution is 6.30. The normalized spacial score (nSPS) is 13.7. The van der Waals surface area contributed by atoms with Gasteiger partial charge in [0.15, 0.2) is 5.65 Å². The topological polar surface area (TPSA) is 59.3 Å². The molecule has 0 bridgehead atoms. The van der Waals surface area contributed by atoms with Gasteiger partial charge in [-0.2, -0.15) is 5.10 Å². The molecular weight excluding hydrogens is 324 g/mol. The van der Waals surface area contributed by atoms with E-state index in [-0.39, 0.29) is 5.91 Å². The molecule has 0 saturated heterocycles. The minimum Gasteiger partial charge on any atom is -0.348 e.